The van der Waals surface area contributed by atoms with E-state index in [9.17, 15) is 9.18 Å². The van der Waals surface area contributed by atoms with E-state index in [2.05, 4.69) is 0 Å². The van der Waals surface area contributed by atoms with Crippen molar-refractivity contribution in [3.05, 3.63) is 35.6 Å². The molecule has 4 heteroatoms. The first-order valence-electron chi connectivity index (χ1n) is 7.23. The molecule has 0 saturated carbocycles. The topological polar surface area (TPSA) is 46.3 Å². The maximum absolute atomic E-state index is 13.0. The van der Waals surface area contributed by atoms with E-state index < -0.39 is 6.04 Å². The van der Waals surface area contributed by atoms with Crippen LogP contribution < -0.4 is 5.73 Å². The molecule has 0 aromatic heterocycles. The van der Waals surface area contributed by atoms with Crippen molar-refractivity contribution < 1.29 is 9.18 Å². The Morgan fingerprint density at radius 3 is 2.25 bits per heavy atom. The van der Waals surface area contributed by atoms with Crippen molar-refractivity contribution in [2.45, 2.75) is 46.2 Å². The molecule has 3 atom stereocenters. The molecule has 0 bridgehead atoms. The highest BCUT2D eigenvalue weighted by molar-refractivity contribution is 5.82. The number of nitrogens with two attached hydrogens (primary N) is 1. The lowest BCUT2D eigenvalue weighted by molar-refractivity contribution is -0.135. The molecule has 20 heavy (non-hydrogen) atoms. The fourth-order valence-electron chi connectivity index (χ4n) is 2.23. The fourth-order valence-corrected chi connectivity index (χ4v) is 2.23. The van der Waals surface area contributed by atoms with Crippen LogP contribution in [0.25, 0.3) is 0 Å². The second-order valence-corrected chi connectivity index (χ2v) is 5.26. The number of likely N-dealkylation sites (N-methyl/N-ethyl adjacent to an activating group) is 1. The van der Waals surface area contributed by atoms with E-state index in [-0.39, 0.29) is 23.7 Å². The number of hydrogen-bond donors (Lipinski definition) is 1. The molecule has 3 unspecified atom stereocenters. The molecule has 3 nitrogen and oxygen atoms in total. The van der Waals surface area contributed by atoms with Gasteiger partial charge in [-0.25, -0.2) is 4.39 Å². The van der Waals surface area contributed by atoms with E-state index in [1.165, 1.54) is 12.1 Å². The molecule has 2 N–H and O–H groups in total. The number of halogens is 1. The first-order valence-corrected chi connectivity index (χ1v) is 7.23. The quantitative estimate of drug-likeness (QED) is 0.870. The number of carbonyl (C=O) groups is 1. The summed E-state index contributed by atoms with van der Waals surface area (Å²) in [5.41, 5.74) is 6.95. The third-order valence-electron chi connectivity index (χ3n) is 3.99. The predicted octanol–water partition coefficient (Wildman–Crippen LogP) is 3.11. The van der Waals surface area contributed by atoms with Crippen LogP contribution in [0.4, 0.5) is 4.39 Å². The van der Waals surface area contributed by atoms with E-state index in [4.69, 9.17) is 5.73 Å². The number of hydrogen-bond acceptors (Lipinski definition) is 2. The molecule has 1 aromatic carbocycles. The maximum atomic E-state index is 13.0. The Morgan fingerprint density at radius 1 is 1.25 bits per heavy atom. The van der Waals surface area contributed by atoms with Crippen molar-refractivity contribution >= 4 is 5.91 Å². The molecule has 0 fully saturated rings. The summed E-state index contributed by atoms with van der Waals surface area (Å²) in [6.45, 7) is 8.47. The highest BCUT2D eigenvalue weighted by Crippen LogP contribution is 2.22. The van der Waals surface area contributed by atoms with Gasteiger partial charge in [-0.05, 0) is 37.5 Å². The third-order valence-corrected chi connectivity index (χ3v) is 3.99. The van der Waals surface area contributed by atoms with E-state index >= 15 is 0 Å². The minimum atomic E-state index is -0.483. The lowest BCUT2D eigenvalue weighted by atomic mass is 9.97. The van der Waals surface area contributed by atoms with Gasteiger partial charge >= 0.3 is 0 Å². The van der Waals surface area contributed by atoms with Crippen LogP contribution in [0.2, 0.25) is 0 Å². The normalized spacial score (nSPS) is 15.5. The van der Waals surface area contributed by atoms with Crippen LogP contribution in [0.5, 0.6) is 0 Å². The number of rotatable bonds is 6. The molecular weight excluding hydrogens is 255 g/mol. The molecule has 0 spiro atoms. The summed E-state index contributed by atoms with van der Waals surface area (Å²) >= 11 is 0. The Hall–Kier alpha value is -1.42. The van der Waals surface area contributed by atoms with Crippen molar-refractivity contribution in [2.75, 3.05) is 6.54 Å². The van der Waals surface area contributed by atoms with Gasteiger partial charge < -0.3 is 10.6 Å². The Kier molecular flexibility index (Phi) is 6.14. The summed E-state index contributed by atoms with van der Waals surface area (Å²) in [5, 5.41) is 0. The lowest BCUT2D eigenvalue weighted by Gasteiger charge is -2.32. The minimum absolute atomic E-state index is 0.0429. The standard InChI is InChI=1S/C16H25FN2O/c1-5-11(3)15(18)16(20)19(6-2)12(4)13-7-9-14(17)10-8-13/h7-12,15H,5-6,18H2,1-4H3. The summed E-state index contributed by atoms with van der Waals surface area (Å²) in [6, 6.07) is 5.67. The zero-order valence-electron chi connectivity index (χ0n) is 12.8. The van der Waals surface area contributed by atoms with Crippen molar-refractivity contribution in [3.63, 3.8) is 0 Å². The lowest BCUT2D eigenvalue weighted by Crippen LogP contribution is -2.47. The van der Waals surface area contributed by atoms with Crippen molar-refractivity contribution in [2.24, 2.45) is 11.7 Å². The second-order valence-electron chi connectivity index (χ2n) is 5.26. The van der Waals surface area contributed by atoms with Crippen LogP contribution in [0, 0.1) is 11.7 Å². The van der Waals surface area contributed by atoms with E-state index in [0.717, 1.165) is 12.0 Å². The predicted molar refractivity (Wildman–Crippen MR) is 79.6 cm³/mol. The van der Waals surface area contributed by atoms with Crippen molar-refractivity contribution in [3.8, 4) is 0 Å². The molecule has 0 heterocycles. The number of nitrogens with zero attached hydrogens (tertiary/aromatic N) is 1. The second kappa shape index (κ2) is 7.39. The van der Waals surface area contributed by atoms with E-state index in [1.54, 1.807) is 17.0 Å². The van der Waals surface area contributed by atoms with Crippen LogP contribution in [0.3, 0.4) is 0 Å². The highest BCUT2D eigenvalue weighted by Gasteiger charge is 2.27. The summed E-state index contributed by atoms with van der Waals surface area (Å²) in [4.78, 5) is 14.2. The van der Waals surface area contributed by atoms with Gasteiger partial charge in [0.2, 0.25) is 5.91 Å². The van der Waals surface area contributed by atoms with Gasteiger partial charge in [0.15, 0.2) is 0 Å². The van der Waals surface area contributed by atoms with Gasteiger partial charge in [0.25, 0.3) is 0 Å². The highest BCUT2D eigenvalue weighted by atomic mass is 19.1. The smallest absolute Gasteiger partial charge is 0.240 e. The molecule has 0 saturated heterocycles. The van der Waals surface area contributed by atoms with Crippen molar-refractivity contribution in [1.82, 2.24) is 4.90 Å². The van der Waals surface area contributed by atoms with Gasteiger partial charge in [-0.15, -0.1) is 0 Å². The molecule has 0 radical (unpaired) electrons. The fraction of sp³-hybridized carbons (Fsp3) is 0.562. The van der Waals surface area contributed by atoms with E-state index in [1.807, 2.05) is 27.7 Å². The van der Waals surface area contributed by atoms with Gasteiger partial charge in [-0.3, -0.25) is 4.79 Å². The monoisotopic (exact) mass is 280 g/mol. The van der Waals surface area contributed by atoms with E-state index in [0.29, 0.717) is 6.54 Å². The van der Waals surface area contributed by atoms with Gasteiger partial charge in [0.1, 0.15) is 5.82 Å². The largest absolute Gasteiger partial charge is 0.335 e. The summed E-state index contributed by atoms with van der Waals surface area (Å²) in [5.74, 6) is -0.165. The molecule has 0 aliphatic rings. The molecule has 1 rings (SSSR count). The van der Waals surface area contributed by atoms with Crippen LogP contribution in [-0.2, 0) is 4.79 Å². The van der Waals surface area contributed by atoms with Crippen LogP contribution in [-0.4, -0.2) is 23.4 Å². The van der Waals surface area contributed by atoms with Crippen molar-refractivity contribution in [1.29, 1.82) is 0 Å². The molecule has 1 amide bonds. The number of carbonyl (C=O) groups excluding carboxylic acids is 1. The molecule has 0 aliphatic heterocycles. The van der Waals surface area contributed by atoms with Gasteiger partial charge in [-0.1, -0.05) is 32.4 Å². The van der Waals surface area contributed by atoms with Gasteiger partial charge in [0, 0.05) is 6.54 Å². The Balaban J connectivity index is 2.89. The summed E-state index contributed by atoms with van der Waals surface area (Å²) in [7, 11) is 0. The van der Waals surface area contributed by atoms with Crippen LogP contribution >= 0.6 is 0 Å². The third kappa shape index (κ3) is 3.79. The SMILES string of the molecule is CCC(C)C(N)C(=O)N(CC)C(C)c1ccc(F)cc1. The van der Waals surface area contributed by atoms with Crippen LogP contribution in [0.1, 0.15) is 45.7 Å². The molecule has 112 valence electrons. The summed E-state index contributed by atoms with van der Waals surface area (Å²) < 4.78 is 13.0. The first-order chi connectivity index (χ1) is 9.42. The van der Waals surface area contributed by atoms with Gasteiger partial charge in [0.05, 0.1) is 12.1 Å². The molecule has 1 aromatic rings. The number of benzene rings is 1. The minimum Gasteiger partial charge on any atom is -0.335 e. The molecular formula is C16H25FN2O. The number of amides is 1. The Labute approximate surface area is 121 Å². The Morgan fingerprint density at radius 2 is 1.80 bits per heavy atom. The zero-order chi connectivity index (χ0) is 15.3. The molecule has 0 aliphatic carbocycles. The van der Waals surface area contributed by atoms with Gasteiger partial charge in [-0.2, -0.15) is 0 Å². The first kappa shape index (κ1) is 16.6. The van der Waals surface area contributed by atoms with Crippen LogP contribution in [0.15, 0.2) is 24.3 Å². The summed E-state index contributed by atoms with van der Waals surface area (Å²) in [6.07, 6.45) is 0.870. The zero-order valence-corrected chi connectivity index (χ0v) is 12.8. The Bertz CT molecular complexity index is 433. The average molecular weight is 280 g/mol. The average Bonchev–Trinajstić information content (AvgIpc) is 2.46. The maximum Gasteiger partial charge on any atom is 0.240 e.